The second kappa shape index (κ2) is 10.4. The summed E-state index contributed by atoms with van der Waals surface area (Å²) in [7, 11) is 0. The Morgan fingerprint density at radius 1 is 1.07 bits per heavy atom. The molecular weight excluding hydrogens is 534 g/mol. The van der Waals surface area contributed by atoms with Gasteiger partial charge in [0.15, 0.2) is 12.4 Å². The number of amides is 1. The molecule has 5 unspecified atom stereocenters. The number of ketones is 3. The zero-order valence-corrected chi connectivity index (χ0v) is 23.6. The molecule has 0 radical (unpaired) electrons. The van der Waals surface area contributed by atoms with Gasteiger partial charge >= 0.3 is 11.9 Å². The summed E-state index contributed by atoms with van der Waals surface area (Å²) in [6.45, 7) is 3.04. The molecule has 0 aromatic carbocycles. The first-order chi connectivity index (χ1) is 19.2. The van der Waals surface area contributed by atoms with Crippen molar-refractivity contribution in [3.05, 3.63) is 11.6 Å². The first kappa shape index (κ1) is 29.6. The lowest BCUT2D eigenvalue weighted by Gasteiger charge is -2.57. The lowest BCUT2D eigenvalue weighted by molar-refractivity contribution is -0.174. The first-order valence-corrected chi connectivity index (χ1v) is 14.6. The first-order valence-electron chi connectivity index (χ1n) is 14.6. The van der Waals surface area contributed by atoms with Gasteiger partial charge in [-0.2, -0.15) is 0 Å². The molecule has 8 atom stereocenters. The Morgan fingerprint density at radius 3 is 2.51 bits per heavy atom. The molecule has 1 heterocycles. The number of aliphatic hydroxyl groups excluding tert-OH is 1. The van der Waals surface area contributed by atoms with E-state index in [1.165, 1.54) is 0 Å². The molecule has 1 amide bonds. The predicted octanol–water partition coefficient (Wildman–Crippen LogP) is 1.37. The van der Waals surface area contributed by atoms with Crippen LogP contribution in [0.4, 0.5) is 0 Å². The van der Waals surface area contributed by atoms with Gasteiger partial charge in [-0.15, -0.1) is 0 Å². The van der Waals surface area contributed by atoms with Gasteiger partial charge in [-0.25, -0.2) is 4.79 Å². The van der Waals surface area contributed by atoms with Gasteiger partial charge in [-0.05, 0) is 55.4 Å². The number of allylic oxidation sites excluding steroid dienone is 1. The van der Waals surface area contributed by atoms with E-state index in [-0.39, 0.29) is 73.4 Å². The number of likely N-dealkylation sites (tertiary alicyclic amines) is 1. The largest absolute Gasteiger partial charge is 0.480 e. The quantitative estimate of drug-likeness (QED) is 0.377. The number of rotatable bonds is 7. The normalized spacial score (nSPS) is 39.9. The van der Waals surface area contributed by atoms with Crippen molar-refractivity contribution in [3.63, 3.8) is 0 Å². The maximum Gasteiger partial charge on any atom is 0.326 e. The molecule has 0 spiro atoms. The van der Waals surface area contributed by atoms with Gasteiger partial charge in [0.05, 0.1) is 12.5 Å². The molecule has 4 fully saturated rings. The van der Waals surface area contributed by atoms with Crippen LogP contribution in [0.25, 0.3) is 0 Å². The van der Waals surface area contributed by atoms with Crippen molar-refractivity contribution in [2.75, 3.05) is 13.2 Å². The molecule has 5 rings (SSSR count). The standard InChI is InChI=1S/C30H39NO10/c1-28-9-7-17(32)11-16(28)3-4-19-20-8-10-30(40,29(20,2)13-22(34)26(19)28)23(35)15-41-25(37)6-5-24(36)31-14-18(33)12-21(31)27(38)39/h11,18-21,26,33,40H,3-10,12-15H2,1-2H3,(H,38,39)/t18?,19?,20?,21?,26?,28-,29-,30-/m0/s1. The van der Waals surface area contributed by atoms with Crippen LogP contribution in [0.5, 0.6) is 0 Å². The number of carbonyl (C=O) groups is 6. The summed E-state index contributed by atoms with van der Waals surface area (Å²) in [5.74, 6) is -3.58. The van der Waals surface area contributed by atoms with E-state index >= 15 is 0 Å². The van der Waals surface area contributed by atoms with E-state index in [1.807, 2.05) is 0 Å². The number of aliphatic hydroxyl groups is 2. The second-order valence-electron chi connectivity index (χ2n) is 13.2. The summed E-state index contributed by atoms with van der Waals surface area (Å²) in [6, 6.07) is -1.16. The molecule has 224 valence electrons. The molecule has 3 N–H and O–H groups in total. The molecule has 0 bridgehead atoms. The highest BCUT2D eigenvalue weighted by Gasteiger charge is 2.68. The number of carboxylic acids is 1. The fraction of sp³-hybridized carbons (Fsp3) is 0.733. The van der Waals surface area contributed by atoms with Crippen molar-refractivity contribution in [2.45, 2.75) is 95.8 Å². The van der Waals surface area contributed by atoms with E-state index in [0.29, 0.717) is 19.3 Å². The summed E-state index contributed by atoms with van der Waals surface area (Å²) in [6.07, 6.45) is 3.19. The van der Waals surface area contributed by atoms with Gasteiger partial charge in [0.25, 0.3) is 0 Å². The molecular formula is C30H39NO10. The minimum absolute atomic E-state index is 0.00604. The molecule has 3 saturated carbocycles. The lowest BCUT2D eigenvalue weighted by atomic mass is 9.46. The third-order valence-corrected chi connectivity index (χ3v) is 11.1. The van der Waals surface area contributed by atoms with Crippen molar-refractivity contribution in [3.8, 4) is 0 Å². The van der Waals surface area contributed by atoms with E-state index in [4.69, 9.17) is 4.74 Å². The molecule has 5 aliphatic rings. The third kappa shape index (κ3) is 4.74. The molecule has 0 aromatic heterocycles. The SMILES string of the molecule is C[C@]12CCC(=O)C=C1CCC1C2C(=O)C[C@@]2(C)C1CC[C@]2(O)C(=O)COC(=O)CCC(=O)N1CC(O)CC1C(=O)O. The molecule has 11 nitrogen and oxygen atoms in total. The summed E-state index contributed by atoms with van der Waals surface area (Å²) in [5, 5.41) is 30.7. The smallest absolute Gasteiger partial charge is 0.326 e. The van der Waals surface area contributed by atoms with Crippen molar-refractivity contribution >= 4 is 35.2 Å². The topological polar surface area (TPSA) is 176 Å². The Kier molecular flexibility index (Phi) is 7.51. The number of nitrogens with zero attached hydrogens (tertiary/aromatic N) is 1. The van der Waals surface area contributed by atoms with Crippen LogP contribution < -0.4 is 0 Å². The number of carboxylic acid groups (broad SMARTS) is 1. The van der Waals surface area contributed by atoms with Gasteiger partial charge < -0.3 is 25.0 Å². The minimum Gasteiger partial charge on any atom is -0.480 e. The number of carbonyl (C=O) groups excluding carboxylic acids is 5. The molecule has 11 heteroatoms. The van der Waals surface area contributed by atoms with Gasteiger partial charge in [0, 0.05) is 43.6 Å². The number of aliphatic carboxylic acids is 1. The Balaban J connectivity index is 1.21. The van der Waals surface area contributed by atoms with Crippen LogP contribution in [0.1, 0.15) is 78.1 Å². The number of ether oxygens (including phenoxy) is 1. The number of fused-ring (bicyclic) bond motifs is 5. The van der Waals surface area contributed by atoms with Crippen LogP contribution in [0, 0.1) is 28.6 Å². The summed E-state index contributed by atoms with van der Waals surface area (Å²) in [4.78, 5) is 76.4. The van der Waals surface area contributed by atoms with Crippen molar-refractivity contribution in [1.82, 2.24) is 4.90 Å². The van der Waals surface area contributed by atoms with Crippen LogP contribution in [0.15, 0.2) is 11.6 Å². The minimum atomic E-state index is -1.84. The van der Waals surface area contributed by atoms with Crippen LogP contribution in [0.3, 0.4) is 0 Å². The van der Waals surface area contributed by atoms with E-state index in [9.17, 15) is 44.1 Å². The van der Waals surface area contributed by atoms with E-state index in [2.05, 4.69) is 6.92 Å². The number of Topliss-reactive ketones (excluding diaryl/α,β-unsaturated/α-hetero) is 2. The van der Waals surface area contributed by atoms with Crippen LogP contribution >= 0.6 is 0 Å². The second-order valence-corrected chi connectivity index (χ2v) is 13.2. The Bertz CT molecular complexity index is 1230. The van der Waals surface area contributed by atoms with E-state index in [1.54, 1.807) is 13.0 Å². The van der Waals surface area contributed by atoms with Gasteiger partial charge in [0.1, 0.15) is 17.4 Å². The van der Waals surface area contributed by atoms with Gasteiger partial charge in [-0.3, -0.25) is 24.0 Å². The molecule has 1 aliphatic heterocycles. The van der Waals surface area contributed by atoms with E-state index < -0.39 is 53.4 Å². The fourth-order valence-corrected chi connectivity index (χ4v) is 8.86. The Hall–Kier alpha value is -2.92. The number of esters is 1. The maximum absolute atomic E-state index is 13.7. The lowest BCUT2D eigenvalue weighted by Crippen LogP contribution is -2.61. The highest BCUT2D eigenvalue weighted by Crippen LogP contribution is 2.66. The number of hydrogen-bond donors (Lipinski definition) is 3. The van der Waals surface area contributed by atoms with Gasteiger partial charge in [-0.1, -0.05) is 19.4 Å². The number of β-amino-alcohol motifs (C(OH)–C–C–N with tert-alkyl or cyclic N) is 1. The highest BCUT2D eigenvalue weighted by molar-refractivity contribution is 5.95. The summed E-state index contributed by atoms with van der Waals surface area (Å²) < 4.78 is 5.14. The summed E-state index contributed by atoms with van der Waals surface area (Å²) in [5.41, 5.74) is -2.19. The summed E-state index contributed by atoms with van der Waals surface area (Å²) >= 11 is 0. The molecule has 0 aromatic rings. The van der Waals surface area contributed by atoms with Gasteiger partial charge in [0.2, 0.25) is 11.7 Å². The highest BCUT2D eigenvalue weighted by atomic mass is 16.5. The zero-order chi connectivity index (χ0) is 29.9. The Morgan fingerprint density at radius 2 is 1.80 bits per heavy atom. The van der Waals surface area contributed by atoms with Crippen LogP contribution in [0.2, 0.25) is 0 Å². The maximum atomic E-state index is 13.7. The number of hydrogen-bond acceptors (Lipinski definition) is 9. The predicted molar refractivity (Wildman–Crippen MR) is 141 cm³/mol. The van der Waals surface area contributed by atoms with Crippen molar-refractivity contribution in [2.24, 2.45) is 28.6 Å². The van der Waals surface area contributed by atoms with Crippen molar-refractivity contribution < 1.29 is 48.8 Å². The van der Waals surface area contributed by atoms with Crippen LogP contribution in [-0.2, 0) is 33.5 Å². The molecule has 4 aliphatic carbocycles. The molecule has 41 heavy (non-hydrogen) atoms. The molecule has 1 saturated heterocycles. The third-order valence-electron chi connectivity index (χ3n) is 11.1. The average molecular weight is 574 g/mol. The van der Waals surface area contributed by atoms with Crippen molar-refractivity contribution in [1.29, 1.82) is 0 Å². The van der Waals surface area contributed by atoms with E-state index in [0.717, 1.165) is 23.3 Å². The van der Waals surface area contributed by atoms with Crippen LogP contribution in [-0.4, -0.2) is 86.3 Å². The average Bonchev–Trinajstić information content (AvgIpc) is 3.43. The monoisotopic (exact) mass is 573 g/mol. The fourth-order valence-electron chi connectivity index (χ4n) is 8.86. The zero-order valence-electron chi connectivity index (χ0n) is 23.6. The Labute approximate surface area is 238 Å².